The molecular weight excluding hydrogens is 880 g/mol. The highest BCUT2D eigenvalue weighted by molar-refractivity contribution is 5.03. The standard InChI is InChI=1S/C36H56O28/c37-1-7-13(40)26(17(44)31(50)54-7)62-35-21(48)29-23(11(58-35)5-52-29)60-34-20(47)28(15(42)9(3-39)56-34)64-36-22(49)30-24(12(59-36)6-53-30)61-33-19(46)27(14(41)8(2-38)55-33)63-32-18(45)25-16(43)10(57-32)4-51-25/h7-50H,1-6H2/t7-,8-,9-,10?,11?,12?,13+,14+,15+,16-,17-,18-,19-,20-,21-,22-,23-,24-,25?,26+,27+,28+,29?,30?,31-,32-,33+,34+,35-,36-/m1/s1. The predicted molar refractivity (Wildman–Crippen MR) is 189 cm³/mol. The van der Waals surface area contributed by atoms with Crippen molar-refractivity contribution in [3.05, 3.63) is 0 Å². The molecule has 9 aliphatic rings. The first-order valence-corrected chi connectivity index (χ1v) is 21.0. The molecule has 28 heteroatoms. The van der Waals surface area contributed by atoms with Gasteiger partial charge in [0.15, 0.2) is 37.7 Å². The summed E-state index contributed by atoms with van der Waals surface area (Å²) in [6.45, 7) is -2.74. The van der Waals surface area contributed by atoms with Crippen molar-refractivity contribution in [2.75, 3.05) is 39.6 Å². The molecule has 0 aromatic carbocycles. The average Bonchev–Trinajstić information content (AvgIpc) is 3.87. The number of ether oxygens (including phenoxy) is 14. The van der Waals surface area contributed by atoms with Crippen LogP contribution in [0.4, 0.5) is 0 Å². The van der Waals surface area contributed by atoms with Gasteiger partial charge in [-0.3, -0.25) is 0 Å². The fraction of sp³-hybridized carbons (Fsp3) is 1.00. The smallest absolute Gasteiger partial charge is 0.187 e. The van der Waals surface area contributed by atoms with Crippen LogP contribution in [0.2, 0.25) is 0 Å². The van der Waals surface area contributed by atoms with Crippen LogP contribution in [0.15, 0.2) is 0 Å². The van der Waals surface area contributed by atoms with Gasteiger partial charge in [0.1, 0.15) is 146 Å². The average molecular weight is 937 g/mol. The summed E-state index contributed by atoms with van der Waals surface area (Å²) < 4.78 is 80.0. The Hall–Kier alpha value is -1.12. The maximum absolute atomic E-state index is 11.5. The van der Waals surface area contributed by atoms with E-state index in [1.165, 1.54) is 0 Å². The van der Waals surface area contributed by atoms with Crippen molar-refractivity contribution in [1.29, 1.82) is 0 Å². The lowest BCUT2D eigenvalue weighted by Gasteiger charge is -2.48. The number of aliphatic hydroxyl groups is 14. The molecule has 9 saturated heterocycles. The second-order valence-corrected chi connectivity index (χ2v) is 17.1. The summed E-state index contributed by atoms with van der Waals surface area (Å²) in [6, 6.07) is 0. The van der Waals surface area contributed by atoms with E-state index in [4.69, 9.17) is 66.3 Å². The minimum Gasteiger partial charge on any atom is -0.394 e. The molecule has 28 nitrogen and oxygen atoms in total. The van der Waals surface area contributed by atoms with Crippen molar-refractivity contribution in [2.24, 2.45) is 0 Å². The summed E-state index contributed by atoms with van der Waals surface area (Å²) in [7, 11) is 0. The molecule has 6 unspecified atom stereocenters. The lowest BCUT2D eigenvalue weighted by Crippen LogP contribution is -2.66. The molecule has 0 spiro atoms. The fourth-order valence-corrected chi connectivity index (χ4v) is 9.61. The fourth-order valence-electron chi connectivity index (χ4n) is 9.61. The highest BCUT2D eigenvalue weighted by Gasteiger charge is 2.61. The Morgan fingerprint density at radius 2 is 0.641 bits per heavy atom. The molecule has 9 heterocycles. The minimum atomic E-state index is -1.88. The number of rotatable bonds is 13. The molecule has 0 aromatic heterocycles. The largest absolute Gasteiger partial charge is 0.394 e. The van der Waals surface area contributed by atoms with Crippen molar-refractivity contribution >= 4 is 0 Å². The Morgan fingerprint density at radius 1 is 0.312 bits per heavy atom. The van der Waals surface area contributed by atoms with Gasteiger partial charge in [-0.25, -0.2) is 0 Å². The van der Waals surface area contributed by atoms with Gasteiger partial charge in [0, 0.05) is 0 Å². The van der Waals surface area contributed by atoms with Gasteiger partial charge in [-0.1, -0.05) is 0 Å². The molecule has 9 aliphatic heterocycles. The summed E-state index contributed by atoms with van der Waals surface area (Å²) in [5.41, 5.74) is 0. The number of fused-ring (bicyclic) bond motifs is 6. The van der Waals surface area contributed by atoms with E-state index in [0.717, 1.165) is 0 Å². The number of aliphatic hydroxyl groups excluding tert-OH is 14. The van der Waals surface area contributed by atoms with E-state index in [9.17, 15) is 71.5 Å². The minimum absolute atomic E-state index is 0.0399. The van der Waals surface area contributed by atoms with Gasteiger partial charge in [-0.05, 0) is 0 Å². The molecular formula is C36H56O28. The van der Waals surface area contributed by atoms with Crippen LogP contribution in [0, 0.1) is 0 Å². The number of hydrogen-bond donors (Lipinski definition) is 14. The van der Waals surface area contributed by atoms with Gasteiger partial charge in [0.2, 0.25) is 0 Å². The van der Waals surface area contributed by atoms with Crippen LogP contribution in [0.25, 0.3) is 0 Å². The van der Waals surface area contributed by atoms with E-state index >= 15 is 0 Å². The van der Waals surface area contributed by atoms with Crippen LogP contribution in [-0.2, 0) is 66.3 Å². The topological polar surface area (TPSA) is 412 Å². The zero-order chi connectivity index (χ0) is 45.5. The normalized spacial score (nSPS) is 57.3. The van der Waals surface area contributed by atoms with E-state index in [-0.39, 0.29) is 19.8 Å². The quantitative estimate of drug-likeness (QED) is 0.0815. The van der Waals surface area contributed by atoms with Crippen LogP contribution in [0.5, 0.6) is 0 Å². The molecule has 368 valence electrons. The van der Waals surface area contributed by atoms with Gasteiger partial charge in [-0.15, -0.1) is 0 Å². The summed E-state index contributed by atoms with van der Waals surface area (Å²) in [6.07, 6.45) is -44.4. The summed E-state index contributed by atoms with van der Waals surface area (Å²) in [5, 5.41) is 149. The second kappa shape index (κ2) is 19.3. The van der Waals surface area contributed by atoms with Gasteiger partial charge < -0.3 is 138 Å². The summed E-state index contributed by atoms with van der Waals surface area (Å²) >= 11 is 0. The summed E-state index contributed by atoms with van der Waals surface area (Å²) in [4.78, 5) is 0. The van der Waals surface area contributed by atoms with Crippen LogP contribution < -0.4 is 0 Å². The maximum Gasteiger partial charge on any atom is 0.187 e. The molecule has 0 radical (unpaired) electrons. The van der Waals surface area contributed by atoms with Crippen LogP contribution >= 0.6 is 0 Å². The molecule has 0 aliphatic carbocycles. The van der Waals surface area contributed by atoms with Crippen molar-refractivity contribution in [1.82, 2.24) is 0 Å². The Kier molecular flexibility index (Phi) is 14.5. The van der Waals surface area contributed by atoms with E-state index in [1.54, 1.807) is 0 Å². The van der Waals surface area contributed by atoms with Crippen LogP contribution in [-0.4, -0.2) is 295 Å². The van der Waals surface area contributed by atoms with E-state index < -0.39 is 204 Å². The molecule has 0 aromatic rings. The van der Waals surface area contributed by atoms with Gasteiger partial charge in [0.05, 0.1) is 39.6 Å². The molecule has 0 saturated carbocycles. The first-order chi connectivity index (χ1) is 30.6. The highest BCUT2D eigenvalue weighted by atomic mass is 16.8. The first-order valence-electron chi connectivity index (χ1n) is 21.0. The van der Waals surface area contributed by atoms with Crippen molar-refractivity contribution in [3.8, 4) is 0 Å². The van der Waals surface area contributed by atoms with E-state index in [1.807, 2.05) is 0 Å². The Morgan fingerprint density at radius 3 is 1.08 bits per heavy atom. The predicted octanol–water partition coefficient (Wildman–Crippen LogP) is -11.0. The Labute approximate surface area is 361 Å². The Bertz CT molecular complexity index is 1560. The molecule has 0 amide bonds. The van der Waals surface area contributed by atoms with Crippen molar-refractivity contribution in [3.63, 3.8) is 0 Å². The van der Waals surface area contributed by atoms with E-state index in [2.05, 4.69) is 0 Å². The lowest BCUT2D eigenvalue weighted by molar-refractivity contribution is -0.380. The maximum atomic E-state index is 11.5. The lowest BCUT2D eigenvalue weighted by atomic mass is 9.96. The molecule has 14 N–H and O–H groups in total. The third kappa shape index (κ3) is 8.54. The second-order valence-electron chi connectivity index (χ2n) is 17.1. The monoisotopic (exact) mass is 936 g/mol. The molecule has 6 bridgehead atoms. The third-order valence-electron chi connectivity index (χ3n) is 13.2. The Balaban J connectivity index is 0.831. The zero-order valence-electron chi connectivity index (χ0n) is 33.5. The SMILES string of the molecule is OC[C@H]1O[C@@H](O)[C@H](O)[C@@H](O[C@H]2OC3COC([C@@H]3O[C@@H]3O[C@H](CO)[C@H](O)[C@H](O[C@H]4OC5COC([C@@H]5O[C@@H]5O[C@H](CO)[C@H](O)[C@H](O[C@H]6OC7COC([C@@H]7O)[C@H]6O)[C@H]5O)[C@H]4O)[C@H]3O)[C@H]2O)[C@H]1O. The van der Waals surface area contributed by atoms with Crippen LogP contribution in [0.1, 0.15) is 0 Å². The first kappa shape index (κ1) is 47.9. The van der Waals surface area contributed by atoms with Crippen molar-refractivity contribution in [2.45, 2.75) is 184 Å². The number of hydrogen-bond acceptors (Lipinski definition) is 28. The van der Waals surface area contributed by atoms with E-state index in [0.29, 0.717) is 0 Å². The molecule has 9 fully saturated rings. The van der Waals surface area contributed by atoms with Gasteiger partial charge >= 0.3 is 0 Å². The molecule has 64 heavy (non-hydrogen) atoms. The van der Waals surface area contributed by atoms with Crippen LogP contribution in [0.3, 0.4) is 0 Å². The van der Waals surface area contributed by atoms with Gasteiger partial charge in [0.25, 0.3) is 0 Å². The zero-order valence-corrected chi connectivity index (χ0v) is 33.5. The third-order valence-corrected chi connectivity index (χ3v) is 13.2. The molecule has 9 rings (SSSR count). The summed E-state index contributed by atoms with van der Waals surface area (Å²) in [5.74, 6) is 0. The highest BCUT2D eigenvalue weighted by Crippen LogP contribution is 2.41. The molecule has 30 atom stereocenters. The van der Waals surface area contributed by atoms with Crippen molar-refractivity contribution < 1.29 is 138 Å². The van der Waals surface area contributed by atoms with Gasteiger partial charge in [-0.2, -0.15) is 0 Å².